The Hall–Kier alpha value is -1.19. The number of thiophene rings is 1. The molecule has 1 aromatic carbocycles. The highest BCUT2D eigenvalue weighted by Crippen LogP contribution is 2.40. The van der Waals surface area contributed by atoms with E-state index in [9.17, 15) is 0 Å². The van der Waals surface area contributed by atoms with Crippen molar-refractivity contribution in [2.45, 2.75) is 6.10 Å². The van der Waals surface area contributed by atoms with Crippen molar-refractivity contribution in [3.63, 3.8) is 0 Å². The van der Waals surface area contributed by atoms with Gasteiger partial charge in [-0.15, -0.1) is 11.3 Å². The summed E-state index contributed by atoms with van der Waals surface area (Å²) >= 11 is 7.81. The molecule has 0 saturated carbocycles. The molecule has 1 aliphatic rings. The molecule has 1 aromatic heterocycles. The Morgan fingerprint density at radius 3 is 3.06 bits per heavy atom. The van der Waals surface area contributed by atoms with E-state index >= 15 is 0 Å². The minimum Gasteiger partial charge on any atom is -0.479 e. The van der Waals surface area contributed by atoms with Gasteiger partial charge in [0.05, 0.1) is 17.3 Å². The van der Waals surface area contributed by atoms with Gasteiger partial charge < -0.3 is 10.1 Å². The highest BCUT2D eigenvalue weighted by atomic mass is 35.5. The Morgan fingerprint density at radius 2 is 2.25 bits per heavy atom. The molecule has 2 nitrogen and oxygen atoms in total. The lowest BCUT2D eigenvalue weighted by Gasteiger charge is -2.27. The van der Waals surface area contributed by atoms with E-state index in [1.54, 1.807) is 11.3 Å². The zero-order chi connectivity index (χ0) is 11.0. The SMILES string of the molecule is Clc1cccc2c1OC(c1cccs1)CN2. The number of hydrogen-bond donors (Lipinski definition) is 1. The van der Waals surface area contributed by atoms with Gasteiger partial charge in [0.15, 0.2) is 11.9 Å². The highest BCUT2D eigenvalue weighted by Gasteiger charge is 2.23. The monoisotopic (exact) mass is 251 g/mol. The number of benzene rings is 1. The van der Waals surface area contributed by atoms with Crippen molar-refractivity contribution in [3.8, 4) is 5.75 Å². The van der Waals surface area contributed by atoms with Gasteiger partial charge in [-0.2, -0.15) is 0 Å². The fourth-order valence-electron chi connectivity index (χ4n) is 1.79. The number of ether oxygens (including phenoxy) is 1. The van der Waals surface area contributed by atoms with Crippen LogP contribution in [0, 0.1) is 0 Å². The van der Waals surface area contributed by atoms with Crippen molar-refractivity contribution in [2.75, 3.05) is 11.9 Å². The van der Waals surface area contributed by atoms with Crippen LogP contribution < -0.4 is 10.1 Å². The van der Waals surface area contributed by atoms with Crippen molar-refractivity contribution in [1.29, 1.82) is 0 Å². The molecule has 0 aliphatic carbocycles. The molecule has 16 heavy (non-hydrogen) atoms. The number of halogens is 1. The summed E-state index contributed by atoms with van der Waals surface area (Å²) in [7, 11) is 0. The molecule has 1 unspecified atom stereocenters. The van der Waals surface area contributed by atoms with Crippen molar-refractivity contribution < 1.29 is 4.74 Å². The van der Waals surface area contributed by atoms with Gasteiger partial charge in [0, 0.05) is 4.88 Å². The van der Waals surface area contributed by atoms with Crippen molar-refractivity contribution in [2.24, 2.45) is 0 Å². The normalized spacial score (nSPS) is 18.4. The van der Waals surface area contributed by atoms with Crippen molar-refractivity contribution in [3.05, 3.63) is 45.6 Å². The molecular formula is C12H10ClNOS. The first-order valence-electron chi connectivity index (χ1n) is 5.07. The number of para-hydroxylation sites is 1. The van der Waals surface area contributed by atoms with Crippen LogP contribution in [0.2, 0.25) is 5.02 Å². The minimum atomic E-state index is 0.0624. The van der Waals surface area contributed by atoms with E-state index in [-0.39, 0.29) is 6.10 Å². The van der Waals surface area contributed by atoms with E-state index < -0.39 is 0 Å². The molecule has 4 heteroatoms. The summed E-state index contributed by atoms with van der Waals surface area (Å²) in [6, 6.07) is 9.86. The Bertz CT molecular complexity index is 498. The Labute approximate surface area is 103 Å². The topological polar surface area (TPSA) is 21.3 Å². The van der Waals surface area contributed by atoms with Crippen LogP contribution in [0.25, 0.3) is 0 Å². The van der Waals surface area contributed by atoms with Gasteiger partial charge in [-0.05, 0) is 23.6 Å². The lowest BCUT2D eigenvalue weighted by atomic mass is 10.2. The standard InChI is InChI=1S/C12H10ClNOS/c13-8-3-1-4-9-12(8)15-10(7-14-9)11-5-2-6-16-11/h1-6,10,14H,7H2. The molecule has 82 valence electrons. The molecule has 1 N–H and O–H groups in total. The Kier molecular flexibility index (Phi) is 2.50. The number of anilines is 1. The lowest BCUT2D eigenvalue weighted by molar-refractivity contribution is 0.214. The molecular weight excluding hydrogens is 242 g/mol. The van der Waals surface area contributed by atoms with E-state index in [1.807, 2.05) is 24.3 Å². The summed E-state index contributed by atoms with van der Waals surface area (Å²) in [5.41, 5.74) is 0.973. The average molecular weight is 252 g/mol. The van der Waals surface area contributed by atoms with Crippen LogP contribution >= 0.6 is 22.9 Å². The third kappa shape index (κ3) is 1.66. The van der Waals surface area contributed by atoms with Gasteiger partial charge in [-0.1, -0.05) is 23.7 Å². The first-order valence-corrected chi connectivity index (χ1v) is 6.33. The molecule has 0 radical (unpaired) electrons. The van der Waals surface area contributed by atoms with E-state index in [1.165, 1.54) is 4.88 Å². The zero-order valence-corrected chi connectivity index (χ0v) is 10.0. The third-order valence-corrected chi connectivity index (χ3v) is 3.83. The number of fused-ring (bicyclic) bond motifs is 1. The first-order chi connectivity index (χ1) is 7.84. The summed E-state index contributed by atoms with van der Waals surface area (Å²) in [4.78, 5) is 1.22. The molecule has 0 fully saturated rings. The van der Waals surface area contributed by atoms with Crippen LogP contribution in [-0.4, -0.2) is 6.54 Å². The molecule has 0 bridgehead atoms. The van der Waals surface area contributed by atoms with Crippen LogP contribution in [0.15, 0.2) is 35.7 Å². The zero-order valence-electron chi connectivity index (χ0n) is 8.44. The Balaban J connectivity index is 1.94. The molecule has 2 heterocycles. The van der Waals surface area contributed by atoms with Crippen molar-refractivity contribution in [1.82, 2.24) is 0 Å². The second kappa shape index (κ2) is 4.00. The van der Waals surface area contributed by atoms with Gasteiger partial charge in [-0.3, -0.25) is 0 Å². The quantitative estimate of drug-likeness (QED) is 0.829. The van der Waals surface area contributed by atoms with Crippen LogP contribution in [0.5, 0.6) is 5.75 Å². The molecule has 3 rings (SSSR count). The van der Waals surface area contributed by atoms with Gasteiger partial charge in [0.25, 0.3) is 0 Å². The van der Waals surface area contributed by atoms with E-state index in [2.05, 4.69) is 16.8 Å². The summed E-state index contributed by atoms with van der Waals surface area (Å²) in [5.74, 6) is 0.758. The Morgan fingerprint density at radius 1 is 1.31 bits per heavy atom. The van der Waals surface area contributed by atoms with Crippen LogP contribution in [-0.2, 0) is 0 Å². The average Bonchev–Trinajstić information content (AvgIpc) is 2.83. The second-order valence-corrected chi connectivity index (χ2v) is 5.01. The summed E-state index contributed by atoms with van der Waals surface area (Å²) in [6.45, 7) is 0.786. The maximum atomic E-state index is 6.11. The number of rotatable bonds is 1. The molecule has 0 spiro atoms. The van der Waals surface area contributed by atoms with E-state index in [4.69, 9.17) is 16.3 Å². The largest absolute Gasteiger partial charge is 0.479 e. The van der Waals surface area contributed by atoms with Crippen LogP contribution in [0.1, 0.15) is 11.0 Å². The molecule has 1 aliphatic heterocycles. The van der Waals surface area contributed by atoms with Gasteiger partial charge >= 0.3 is 0 Å². The highest BCUT2D eigenvalue weighted by molar-refractivity contribution is 7.10. The predicted molar refractivity (Wildman–Crippen MR) is 67.6 cm³/mol. The maximum absolute atomic E-state index is 6.11. The summed E-state index contributed by atoms with van der Waals surface area (Å²) < 4.78 is 5.92. The first kappa shape index (κ1) is 10.00. The second-order valence-electron chi connectivity index (χ2n) is 3.62. The van der Waals surface area contributed by atoms with Gasteiger partial charge in [0.2, 0.25) is 0 Å². The van der Waals surface area contributed by atoms with Gasteiger partial charge in [-0.25, -0.2) is 0 Å². The smallest absolute Gasteiger partial charge is 0.162 e. The number of hydrogen-bond acceptors (Lipinski definition) is 3. The van der Waals surface area contributed by atoms with Crippen molar-refractivity contribution >= 4 is 28.6 Å². The molecule has 1 atom stereocenters. The predicted octanol–water partition coefficient (Wildman–Crippen LogP) is 3.95. The molecule has 0 saturated heterocycles. The summed E-state index contributed by atoms with van der Waals surface area (Å²) in [5, 5.41) is 6.05. The van der Waals surface area contributed by atoms with Crippen LogP contribution in [0.3, 0.4) is 0 Å². The summed E-state index contributed by atoms with van der Waals surface area (Å²) in [6.07, 6.45) is 0.0624. The lowest BCUT2D eigenvalue weighted by Crippen LogP contribution is -2.22. The third-order valence-electron chi connectivity index (χ3n) is 2.57. The fourth-order valence-corrected chi connectivity index (χ4v) is 2.76. The molecule has 2 aromatic rings. The van der Waals surface area contributed by atoms with Crippen LogP contribution in [0.4, 0.5) is 5.69 Å². The van der Waals surface area contributed by atoms with E-state index in [0.29, 0.717) is 5.02 Å². The van der Waals surface area contributed by atoms with E-state index in [0.717, 1.165) is 18.0 Å². The maximum Gasteiger partial charge on any atom is 0.162 e. The molecule has 0 amide bonds. The number of nitrogens with one attached hydrogen (secondary N) is 1. The van der Waals surface area contributed by atoms with Gasteiger partial charge in [0.1, 0.15) is 0 Å². The minimum absolute atomic E-state index is 0.0624. The fraction of sp³-hybridized carbons (Fsp3) is 0.167.